The fourth-order valence-corrected chi connectivity index (χ4v) is 1.82. The van der Waals surface area contributed by atoms with Crippen molar-refractivity contribution >= 4 is 28.9 Å². The first-order chi connectivity index (χ1) is 8.58. The molecule has 2 N–H and O–H groups in total. The topological polar surface area (TPSA) is 79.3 Å². The Labute approximate surface area is 105 Å². The monoisotopic (exact) mass is 266 g/mol. The SMILES string of the molecule is O=C(Nc1ccc(F)c(C(=O)O)c1)c1cscn1. The summed E-state index contributed by atoms with van der Waals surface area (Å²) in [5, 5.41) is 12.7. The van der Waals surface area contributed by atoms with Crippen LogP contribution in [0.1, 0.15) is 20.8 Å². The van der Waals surface area contributed by atoms with Gasteiger partial charge in [0.2, 0.25) is 0 Å². The van der Waals surface area contributed by atoms with Crippen molar-refractivity contribution in [3.8, 4) is 0 Å². The normalized spacial score (nSPS) is 10.1. The molecule has 0 aliphatic carbocycles. The second-order valence-electron chi connectivity index (χ2n) is 3.33. The molecule has 0 atom stereocenters. The van der Waals surface area contributed by atoms with Gasteiger partial charge in [-0.15, -0.1) is 11.3 Å². The highest BCUT2D eigenvalue weighted by atomic mass is 32.1. The number of amides is 1. The molecule has 92 valence electrons. The lowest BCUT2D eigenvalue weighted by atomic mass is 10.2. The Kier molecular flexibility index (Phi) is 3.33. The molecule has 0 aliphatic rings. The zero-order valence-corrected chi connectivity index (χ0v) is 9.70. The number of nitrogens with one attached hydrogen (secondary N) is 1. The molecule has 0 saturated heterocycles. The quantitative estimate of drug-likeness (QED) is 0.892. The molecule has 0 aliphatic heterocycles. The van der Waals surface area contributed by atoms with Gasteiger partial charge >= 0.3 is 5.97 Å². The first-order valence-corrected chi connectivity index (χ1v) is 5.74. The molecule has 1 heterocycles. The van der Waals surface area contributed by atoms with Crippen LogP contribution in [0.25, 0.3) is 0 Å². The molecule has 1 aromatic heterocycles. The third-order valence-corrected chi connectivity index (χ3v) is 2.71. The third kappa shape index (κ3) is 2.51. The molecular formula is C11H7FN2O3S. The second kappa shape index (κ2) is 4.92. The third-order valence-electron chi connectivity index (χ3n) is 2.12. The highest BCUT2D eigenvalue weighted by molar-refractivity contribution is 7.07. The van der Waals surface area contributed by atoms with Crippen molar-refractivity contribution in [1.29, 1.82) is 0 Å². The molecule has 0 unspecified atom stereocenters. The predicted molar refractivity (Wildman–Crippen MR) is 63.4 cm³/mol. The van der Waals surface area contributed by atoms with Gasteiger partial charge in [-0.05, 0) is 18.2 Å². The van der Waals surface area contributed by atoms with Crippen molar-refractivity contribution in [3.05, 3.63) is 46.2 Å². The molecule has 5 nitrogen and oxygen atoms in total. The number of hydrogen-bond acceptors (Lipinski definition) is 4. The number of carbonyl (C=O) groups excluding carboxylic acids is 1. The van der Waals surface area contributed by atoms with E-state index in [1.165, 1.54) is 22.9 Å². The Balaban J connectivity index is 2.22. The molecule has 1 aromatic carbocycles. The van der Waals surface area contributed by atoms with E-state index in [0.29, 0.717) is 0 Å². The molecule has 1 amide bonds. The van der Waals surface area contributed by atoms with Crippen molar-refractivity contribution in [2.24, 2.45) is 0 Å². The molecule has 0 saturated carbocycles. The van der Waals surface area contributed by atoms with E-state index in [0.717, 1.165) is 12.1 Å². The summed E-state index contributed by atoms with van der Waals surface area (Å²) in [7, 11) is 0. The van der Waals surface area contributed by atoms with E-state index >= 15 is 0 Å². The number of hydrogen-bond donors (Lipinski definition) is 2. The van der Waals surface area contributed by atoms with Crippen LogP contribution >= 0.6 is 11.3 Å². The minimum absolute atomic E-state index is 0.201. The largest absolute Gasteiger partial charge is 0.478 e. The van der Waals surface area contributed by atoms with Crippen LogP contribution in [0.15, 0.2) is 29.1 Å². The Morgan fingerprint density at radius 2 is 2.17 bits per heavy atom. The number of anilines is 1. The number of aromatic nitrogens is 1. The van der Waals surface area contributed by atoms with Gasteiger partial charge in [0.15, 0.2) is 0 Å². The van der Waals surface area contributed by atoms with Crippen molar-refractivity contribution in [2.45, 2.75) is 0 Å². The molecule has 18 heavy (non-hydrogen) atoms. The van der Waals surface area contributed by atoms with E-state index in [2.05, 4.69) is 10.3 Å². The van der Waals surface area contributed by atoms with Crippen LogP contribution in [0.3, 0.4) is 0 Å². The number of carboxylic acids is 1. The average Bonchev–Trinajstić information content (AvgIpc) is 2.85. The molecule has 0 radical (unpaired) electrons. The lowest BCUT2D eigenvalue weighted by Crippen LogP contribution is -2.13. The zero-order chi connectivity index (χ0) is 13.1. The highest BCUT2D eigenvalue weighted by Crippen LogP contribution is 2.16. The van der Waals surface area contributed by atoms with Crippen LogP contribution in [0.2, 0.25) is 0 Å². The highest BCUT2D eigenvalue weighted by Gasteiger charge is 2.13. The maximum atomic E-state index is 13.1. The predicted octanol–water partition coefficient (Wildman–Crippen LogP) is 2.23. The Hall–Kier alpha value is -2.28. The lowest BCUT2D eigenvalue weighted by molar-refractivity contribution is 0.0691. The van der Waals surface area contributed by atoms with Crippen LogP contribution in [0.4, 0.5) is 10.1 Å². The van der Waals surface area contributed by atoms with Crippen LogP contribution in [0.5, 0.6) is 0 Å². The number of carboxylic acid groups (broad SMARTS) is 1. The zero-order valence-electron chi connectivity index (χ0n) is 8.88. The Morgan fingerprint density at radius 3 is 2.78 bits per heavy atom. The van der Waals surface area contributed by atoms with Gasteiger partial charge in [-0.25, -0.2) is 14.2 Å². The molecule has 0 fully saturated rings. The van der Waals surface area contributed by atoms with Crippen molar-refractivity contribution in [2.75, 3.05) is 5.32 Å². The van der Waals surface area contributed by atoms with E-state index in [4.69, 9.17) is 5.11 Å². The number of benzene rings is 1. The standard InChI is InChI=1S/C11H7FN2O3S/c12-8-2-1-6(3-7(8)11(16)17)14-10(15)9-4-18-5-13-9/h1-5H,(H,14,15)(H,16,17). The first-order valence-electron chi connectivity index (χ1n) is 4.80. The molecule has 7 heteroatoms. The summed E-state index contributed by atoms with van der Waals surface area (Å²) in [6.45, 7) is 0. The van der Waals surface area contributed by atoms with E-state index in [1.54, 1.807) is 5.38 Å². The minimum Gasteiger partial charge on any atom is -0.478 e. The molecule has 2 aromatic rings. The van der Waals surface area contributed by atoms with Gasteiger partial charge in [-0.2, -0.15) is 0 Å². The van der Waals surface area contributed by atoms with Gasteiger partial charge in [0.25, 0.3) is 5.91 Å². The number of rotatable bonds is 3. The van der Waals surface area contributed by atoms with Gasteiger partial charge in [0.05, 0.1) is 11.1 Å². The van der Waals surface area contributed by atoms with Gasteiger partial charge in [0.1, 0.15) is 11.5 Å². The Bertz CT molecular complexity index is 598. The number of aromatic carboxylic acids is 1. The van der Waals surface area contributed by atoms with E-state index in [1.807, 2.05) is 0 Å². The van der Waals surface area contributed by atoms with Gasteiger partial charge in [0, 0.05) is 11.1 Å². The van der Waals surface area contributed by atoms with Crippen LogP contribution < -0.4 is 5.32 Å². The van der Waals surface area contributed by atoms with Crippen molar-refractivity contribution in [3.63, 3.8) is 0 Å². The van der Waals surface area contributed by atoms with Crippen molar-refractivity contribution in [1.82, 2.24) is 4.98 Å². The fourth-order valence-electron chi connectivity index (χ4n) is 1.29. The van der Waals surface area contributed by atoms with E-state index in [9.17, 15) is 14.0 Å². The van der Waals surface area contributed by atoms with E-state index in [-0.39, 0.29) is 11.4 Å². The summed E-state index contributed by atoms with van der Waals surface area (Å²) in [4.78, 5) is 26.2. The summed E-state index contributed by atoms with van der Waals surface area (Å²) < 4.78 is 13.1. The summed E-state index contributed by atoms with van der Waals surface area (Å²) in [5.41, 5.74) is 1.43. The Morgan fingerprint density at radius 1 is 1.39 bits per heavy atom. The van der Waals surface area contributed by atoms with E-state index < -0.39 is 23.3 Å². The maximum Gasteiger partial charge on any atom is 0.338 e. The molecular weight excluding hydrogens is 259 g/mol. The first kappa shape index (κ1) is 12.2. The maximum absolute atomic E-state index is 13.1. The minimum atomic E-state index is -1.39. The van der Waals surface area contributed by atoms with Gasteiger partial charge in [-0.1, -0.05) is 0 Å². The number of nitrogens with zero attached hydrogens (tertiary/aromatic N) is 1. The fraction of sp³-hybridized carbons (Fsp3) is 0. The molecule has 2 rings (SSSR count). The second-order valence-corrected chi connectivity index (χ2v) is 4.05. The molecule has 0 bridgehead atoms. The number of halogens is 1. The summed E-state index contributed by atoms with van der Waals surface area (Å²) in [6.07, 6.45) is 0. The average molecular weight is 266 g/mol. The summed E-state index contributed by atoms with van der Waals surface area (Å²) >= 11 is 1.26. The summed E-state index contributed by atoms with van der Waals surface area (Å²) in [5.74, 6) is -2.72. The summed E-state index contributed by atoms with van der Waals surface area (Å²) in [6, 6.07) is 3.33. The molecule has 0 spiro atoms. The van der Waals surface area contributed by atoms with Gasteiger partial charge < -0.3 is 10.4 Å². The lowest BCUT2D eigenvalue weighted by Gasteiger charge is -2.05. The van der Waals surface area contributed by atoms with Gasteiger partial charge in [-0.3, -0.25) is 4.79 Å². The smallest absolute Gasteiger partial charge is 0.338 e. The van der Waals surface area contributed by atoms with Crippen LogP contribution in [0, 0.1) is 5.82 Å². The van der Waals surface area contributed by atoms with Crippen LogP contribution in [-0.2, 0) is 0 Å². The van der Waals surface area contributed by atoms with Crippen LogP contribution in [-0.4, -0.2) is 22.0 Å². The van der Waals surface area contributed by atoms with Crippen molar-refractivity contribution < 1.29 is 19.1 Å². The number of thiazole rings is 1. The number of carbonyl (C=O) groups is 2.